The van der Waals surface area contributed by atoms with Crippen LogP contribution in [0.15, 0.2) is 30.3 Å². The Bertz CT molecular complexity index is 714. The van der Waals surface area contributed by atoms with Gasteiger partial charge in [0.05, 0.1) is 0 Å². The molecule has 2 N–H and O–H groups in total. The highest BCUT2D eigenvalue weighted by Gasteiger charge is 2.41. The second-order valence-electron chi connectivity index (χ2n) is 7.65. The van der Waals surface area contributed by atoms with Gasteiger partial charge in [-0.25, -0.2) is 4.79 Å². The minimum Gasteiger partial charge on any atom is -0.480 e. The number of rotatable bonds is 12. The number of aryl methyl sites for hydroxylation is 1. The molecule has 0 aliphatic carbocycles. The lowest BCUT2D eigenvalue weighted by Gasteiger charge is -2.23. The standard InChI is InChI=1S/C21H32NO5PS/c1-2-3-13-29-18-14-19(21(24)25)22(15-18)20(23)16-28(26,27)12-8-7-11-17-9-5-4-6-10-17/h4-6,9-10,18-19H,2-3,7-8,11-16H2,1H3,(H,24,25)(H,26,27)/t18-,19+/m1/s1. The van der Waals surface area contributed by atoms with E-state index in [2.05, 4.69) is 6.92 Å². The highest BCUT2D eigenvalue weighted by molar-refractivity contribution is 7.99. The van der Waals surface area contributed by atoms with Crippen LogP contribution in [0, 0.1) is 0 Å². The Morgan fingerprint density at radius 2 is 1.93 bits per heavy atom. The monoisotopic (exact) mass is 441 g/mol. The number of hydrogen-bond acceptors (Lipinski definition) is 4. The van der Waals surface area contributed by atoms with Gasteiger partial charge in [0, 0.05) is 18.0 Å². The smallest absolute Gasteiger partial charge is 0.326 e. The maximum atomic E-state index is 12.6. The van der Waals surface area contributed by atoms with Crippen molar-refractivity contribution in [3.63, 3.8) is 0 Å². The zero-order valence-electron chi connectivity index (χ0n) is 17.0. The summed E-state index contributed by atoms with van der Waals surface area (Å²) in [5, 5.41) is 9.55. The van der Waals surface area contributed by atoms with Gasteiger partial charge in [0.2, 0.25) is 13.3 Å². The highest BCUT2D eigenvalue weighted by Crippen LogP contribution is 2.42. The first-order chi connectivity index (χ1) is 13.8. The number of carboxylic acids is 1. The van der Waals surface area contributed by atoms with Crippen molar-refractivity contribution in [3.05, 3.63) is 35.9 Å². The number of carbonyl (C=O) groups excluding carboxylic acids is 1. The van der Waals surface area contributed by atoms with Crippen LogP contribution in [0.2, 0.25) is 0 Å². The van der Waals surface area contributed by atoms with Crippen LogP contribution in [0.3, 0.4) is 0 Å². The van der Waals surface area contributed by atoms with Crippen LogP contribution >= 0.6 is 19.1 Å². The molecule has 1 unspecified atom stereocenters. The summed E-state index contributed by atoms with van der Waals surface area (Å²) in [6.45, 7) is 2.45. The van der Waals surface area contributed by atoms with Crippen LogP contribution in [0.25, 0.3) is 0 Å². The summed E-state index contributed by atoms with van der Waals surface area (Å²) >= 11 is 1.69. The summed E-state index contributed by atoms with van der Waals surface area (Å²) in [5.74, 6) is -0.604. The second kappa shape index (κ2) is 11.8. The van der Waals surface area contributed by atoms with Gasteiger partial charge >= 0.3 is 5.97 Å². The van der Waals surface area contributed by atoms with Gasteiger partial charge in [0.1, 0.15) is 12.2 Å². The minimum absolute atomic E-state index is 0.0792. The van der Waals surface area contributed by atoms with Crippen molar-refractivity contribution >= 4 is 31.0 Å². The molecule has 0 aromatic heterocycles. The predicted molar refractivity (Wildman–Crippen MR) is 118 cm³/mol. The van der Waals surface area contributed by atoms with E-state index in [-0.39, 0.29) is 11.4 Å². The molecule has 3 atom stereocenters. The molecule has 0 spiro atoms. The number of amides is 1. The topological polar surface area (TPSA) is 94.9 Å². The lowest BCUT2D eigenvalue weighted by atomic mass is 10.1. The third-order valence-electron chi connectivity index (χ3n) is 5.17. The molecule has 1 saturated heterocycles. The first-order valence-electron chi connectivity index (χ1n) is 10.3. The first-order valence-corrected chi connectivity index (χ1v) is 13.4. The molecule has 6 nitrogen and oxygen atoms in total. The first kappa shape index (κ1) is 24.0. The largest absolute Gasteiger partial charge is 0.480 e. The van der Waals surface area contributed by atoms with E-state index >= 15 is 0 Å². The van der Waals surface area contributed by atoms with E-state index in [1.807, 2.05) is 30.3 Å². The Kier molecular flexibility index (Phi) is 9.73. The van der Waals surface area contributed by atoms with Crippen molar-refractivity contribution < 1.29 is 24.2 Å². The highest BCUT2D eigenvalue weighted by atomic mass is 32.2. The number of likely N-dealkylation sites (tertiary alicyclic amines) is 1. The van der Waals surface area contributed by atoms with Crippen molar-refractivity contribution in [2.75, 3.05) is 24.6 Å². The molecule has 0 saturated carbocycles. The van der Waals surface area contributed by atoms with Crippen molar-refractivity contribution in [1.82, 2.24) is 4.90 Å². The van der Waals surface area contributed by atoms with E-state index in [4.69, 9.17) is 0 Å². The van der Waals surface area contributed by atoms with Gasteiger partial charge in [-0.05, 0) is 43.4 Å². The number of unbranched alkanes of at least 4 members (excludes halogenated alkanes) is 2. The van der Waals surface area contributed by atoms with Gasteiger partial charge in [0.15, 0.2) is 0 Å². The van der Waals surface area contributed by atoms with Crippen molar-refractivity contribution in [1.29, 1.82) is 0 Å². The minimum atomic E-state index is -3.62. The van der Waals surface area contributed by atoms with Gasteiger partial charge in [-0.1, -0.05) is 43.7 Å². The molecule has 0 bridgehead atoms. The van der Waals surface area contributed by atoms with Crippen molar-refractivity contribution in [3.8, 4) is 0 Å². The van der Waals surface area contributed by atoms with Gasteiger partial charge in [0.25, 0.3) is 0 Å². The van der Waals surface area contributed by atoms with Crippen LogP contribution in [0.5, 0.6) is 0 Å². The van der Waals surface area contributed by atoms with E-state index in [9.17, 15) is 24.2 Å². The van der Waals surface area contributed by atoms with E-state index in [1.165, 1.54) is 10.5 Å². The number of aliphatic carboxylic acids is 1. The fraction of sp³-hybridized carbons (Fsp3) is 0.619. The van der Waals surface area contributed by atoms with Crippen LogP contribution in [0.4, 0.5) is 0 Å². The molecule has 1 aromatic carbocycles. The Morgan fingerprint density at radius 1 is 1.21 bits per heavy atom. The maximum Gasteiger partial charge on any atom is 0.326 e. The number of carboxylic acid groups (broad SMARTS) is 1. The third kappa shape index (κ3) is 8.15. The SMILES string of the molecule is CCCCS[C@@H]1C[C@@H](C(=O)O)N(C(=O)CP(=O)(O)CCCCc2ccccc2)C1. The molecular formula is C21H32NO5PS. The Labute approximate surface area is 177 Å². The van der Waals surface area contributed by atoms with Gasteiger partial charge < -0.3 is 14.9 Å². The molecule has 2 rings (SSSR count). The zero-order valence-corrected chi connectivity index (χ0v) is 18.7. The van der Waals surface area contributed by atoms with Crippen LogP contribution in [-0.4, -0.2) is 62.7 Å². The van der Waals surface area contributed by atoms with Crippen molar-refractivity contribution in [2.45, 2.75) is 56.7 Å². The van der Waals surface area contributed by atoms with E-state index < -0.39 is 31.4 Å². The molecule has 162 valence electrons. The summed E-state index contributed by atoms with van der Waals surface area (Å²) in [7, 11) is -3.62. The lowest BCUT2D eigenvalue weighted by Crippen LogP contribution is -2.42. The van der Waals surface area contributed by atoms with Gasteiger partial charge in [-0.2, -0.15) is 11.8 Å². The molecule has 8 heteroatoms. The number of hydrogen-bond donors (Lipinski definition) is 2. The molecule has 1 fully saturated rings. The number of thioether (sulfide) groups is 1. The fourth-order valence-electron chi connectivity index (χ4n) is 3.54. The van der Waals surface area contributed by atoms with Crippen LogP contribution in [0.1, 0.15) is 44.6 Å². The predicted octanol–water partition coefficient (Wildman–Crippen LogP) is 3.87. The normalized spacial score (nSPS) is 21.1. The van der Waals surface area contributed by atoms with Gasteiger partial charge in [-0.15, -0.1) is 0 Å². The summed E-state index contributed by atoms with van der Waals surface area (Å²) < 4.78 is 12.5. The summed E-state index contributed by atoms with van der Waals surface area (Å²) in [6.07, 6.45) is 4.33. The Balaban J connectivity index is 1.82. The molecule has 0 radical (unpaired) electrons. The molecule has 1 heterocycles. The molecule has 1 aliphatic heterocycles. The summed E-state index contributed by atoms with van der Waals surface area (Å²) in [4.78, 5) is 35.8. The number of carbonyl (C=O) groups is 2. The number of benzene rings is 1. The maximum absolute atomic E-state index is 12.6. The Hall–Kier alpha value is -1.30. The zero-order chi connectivity index (χ0) is 21.3. The summed E-state index contributed by atoms with van der Waals surface area (Å²) in [5.41, 5.74) is 1.18. The summed E-state index contributed by atoms with van der Waals surface area (Å²) in [6, 6.07) is 9.04. The second-order valence-corrected chi connectivity index (χ2v) is 11.5. The van der Waals surface area contributed by atoms with Crippen LogP contribution in [-0.2, 0) is 20.6 Å². The molecule has 29 heavy (non-hydrogen) atoms. The third-order valence-corrected chi connectivity index (χ3v) is 8.28. The van der Waals surface area contributed by atoms with Crippen LogP contribution < -0.4 is 0 Å². The van der Waals surface area contributed by atoms with E-state index in [1.54, 1.807) is 11.8 Å². The van der Waals surface area contributed by atoms with Gasteiger partial charge in [-0.3, -0.25) is 9.36 Å². The Morgan fingerprint density at radius 3 is 2.59 bits per heavy atom. The molecular weight excluding hydrogens is 409 g/mol. The average Bonchev–Trinajstić information content (AvgIpc) is 3.11. The lowest BCUT2D eigenvalue weighted by molar-refractivity contribution is -0.147. The quantitative estimate of drug-likeness (QED) is 0.378. The molecule has 1 amide bonds. The fourth-order valence-corrected chi connectivity index (χ4v) is 6.39. The molecule has 1 aliphatic rings. The van der Waals surface area contributed by atoms with E-state index in [0.29, 0.717) is 19.4 Å². The van der Waals surface area contributed by atoms with E-state index in [0.717, 1.165) is 31.4 Å². The van der Waals surface area contributed by atoms with Crippen molar-refractivity contribution in [2.24, 2.45) is 0 Å². The average molecular weight is 442 g/mol. The number of nitrogens with zero attached hydrogens (tertiary/aromatic N) is 1. The molecule has 1 aromatic rings.